The summed E-state index contributed by atoms with van der Waals surface area (Å²) in [5, 5.41) is 7.75. The van der Waals surface area contributed by atoms with Crippen molar-refractivity contribution in [1.82, 2.24) is 5.01 Å². The minimum absolute atomic E-state index is 0.116. The van der Waals surface area contributed by atoms with Gasteiger partial charge in [0.2, 0.25) is 6.23 Å². The number of benzene rings is 3. The second-order valence-electron chi connectivity index (χ2n) is 6.90. The van der Waals surface area contributed by atoms with Crippen LogP contribution in [0.2, 0.25) is 5.02 Å². The fourth-order valence-electron chi connectivity index (χ4n) is 3.93. The minimum atomic E-state index is -0.346. The first-order chi connectivity index (χ1) is 13.7. The quantitative estimate of drug-likeness (QED) is 0.584. The Balaban J connectivity index is 1.61. The average molecular weight is 391 g/mol. The van der Waals surface area contributed by atoms with Crippen LogP contribution in [0.5, 0.6) is 11.5 Å². The molecule has 4 nitrogen and oxygen atoms in total. The molecular formula is C23H19ClN2O2. The summed E-state index contributed by atoms with van der Waals surface area (Å²) in [5.74, 6) is 1.69. The van der Waals surface area contributed by atoms with Crippen molar-refractivity contribution in [2.45, 2.75) is 18.7 Å². The molecule has 0 fully saturated rings. The van der Waals surface area contributed by atoms with Crippen LogP contribution in [0, 0.1) is 0 Å². The van der Waals surface area contributed by atoms with E-state index in [-0.39, 0.29) is 12.3 Å². The molecule has 0 radical (unpaired) electrons. The van der Waals surface area contributed by atoms with Crippen molar-refractivity contribution < 1.29 is 9.47 Å². The highest BCUT2D eigenvalue weighted by Gasteiger charge is 2.41. The smallest absolute Gasteiger partial charge is 0.217 e. The summed E-state index contributed by atoms with van der Waals surface area (Å²) in [5.41, 5.74) is 4.23. The van der Waals surface area contributed by atoms with E-state index in [1.165, 1.54) is 0 Å². The maximum Gasteiger partial charge on any atom is 0.217 e. The van der Waals surface area contributed by atoms with Crippen molar-refractivity contribution in [2.24, 2.45) is 5.10 Å². The lowest BCUT2D eigenvalue weighted by Crippen LogP contribution is -2.33. The van der Waals surface area contributed by atoms with Crippen molar-refractivity contribution in [1.29, 1.82) is 0 Å². The Morgan fingerprint density at radius 3 is 2.46 bits per heavy atom. The van der Waals surface area contributed by atoms with Crippen molar-refractivity contribution in [3.63, 3.8) is 0 Å². The van der Waals surface area contributed by atoms with Gasteiger partial charge >= 0.3 is 0 Å². The Kier molecular flexibility index (Phi) is 4.21. The SMILES string of the molecule is COc1ccccc1[C@H]1Oc2ccccc2[C@H]2CC(c3ccc(Cl)cc3)=NN21. The first kappa shape index (κ1) is 17.1. The first-order valence-electron chi connectivity index (χ1n) is 9.25. The van der Waals surface area contributed by atoms with Crippen LogP contribution in [-0.2, 0) is 0 Å². The van der Waals surface area contributed by atoms with Crippen LogP contribution in [0.1, 0.15) is 35.4 Å². The van der Waals surface area contributed by atoms with Crippen LogP contribution in [0.25, 0.3) is 0 Å². The van der Waals surface area contributed by atoms with Gasteiger partial charge in [0, 0.05) is 17.0 Å². The number of hydrogen-bond acceptors (Lipinski definition) is 4. The van der Waals surface area contributed by atoms with Gasteiger partial charge in [-0.2, -0.15) is 5.10 Å². The van der Waals surface area contributed by atoms with Gasteiger partial charge in [0.05, 0.1) is 24.4 Å². The molecule has 2 aliphatic heterocycles. The molecule has 0 bridgehead atoms. The van der Waals surface area contributed by atoms with Gasteiger partial charge in [-0.15, -0.1) is 0 Å². The Bertz CT molecular complexity index is 1050. The zero-order chi connectivity index (χ0) is 19.1. The molecule has 5 rings (SSSR count). The van der Waals surface area contributed by atoms with E-state index in [9.17, 15) is 0 Å². The van der Waals surface area contributed by atoms with Crippen molar-refractivity contribution in [2.75, 3.05) is 7.11 Å². The zero-order valence-corrected chi connectivity index (χ0v) is 16.1. The predicted molar refractivity (Wildman–Crippen MR) is 110 cm³/mol. The third kappa shape index (κ3) is 2.81. The van der Waals surface area contributed by atoms with Crippen LogP contribution in [0.3, 0.4) is 0 Å². The fraction of sp³-hybridized carbons (Fsp3) is 0.174. The lowest BCUT2D eigenvalue weighted by molar-refractivity contribution is -0.0203. The minimum Gasteiger partial charge on any atom is -0.496 e. The highest BCUT2D eigenvalue weighted by Crippen LogP contribution is 2.48. The molecule has 140 valence electrons. The van der Waals surface area contributed by atoms with Crippen molar-refractivity contribution in [3.8, 4) is 11.5 Å². The lowest BCUT2D eigenvalue weighted by Gasteiger charge is -2.38. The number of rotatable bonds is 3. The number of methoxy groups -OCH3 is 1. The molecule has 3 aromatic carbocycles. The monoisotopic (exact) mass is 390 g/mol. The molecule has 0 amide bonds. The number of hydrogen-bond donors (Lipinski definition) is 0. The standard InChI is InChI=1S/C23H19ClN2O2/c1-27-21-8-4-3-7-18(21)23-26-20(17-6-2-5-9-22(17)28-23)14-19(25-26)15-10-12-16(24)13-11-15/h2-13,20,23H,14H2,1H3/t20-,23-/m1/s1. The van der Waals surface area contributed by atoms with Crippen molar-refractivity contribution in [3.05, 3.63) is 94.5 Å². The predicted octanol–water partition coefficient (Wildman–Crippen LogP) is 5.59. The molecule has 28 heavy (non-hydrogen) atoms. The van der Waals surface area contributed by atoms with E-state index in [1.807, 2.05) is 66.7 Å². The fourth-order valence-corrected chi connectivity index (χ4v) is 4.05. The van der Waals surface area contributed by atoms with Gasteiger partial charge in [-0.1, -0.05) is 54.1 Å². The second kappa shape index (κ2) is 6.88. The number of hydrazone groups is 1. The number of nitrogens with zero attached hydrogens (tertiary/aromatic N) is 2. The van der Waals surface area contributed by atoms with Crippen LogP contribution in [0.4, 0.5) is 0 Å². The molecule has 0 saturated carbocycles. The van der Waals surface area contributed by atoms with E-state index in [2.05, 4.69) is 11.1 Å². The Labute approximate surface area is 169 Å². The summed E-state index contributed by atoms with van der Waals surface area (Å²) in [6.45, 7) is 0. The first-order valence-corrected chi connectivity index (χ1v) is 9.62. The Hall–Kier alpha value is -2.98. The van der Waals surface area contributed by atoms with E-state index in [0.717, 1.165) is 45.3 Å². The molecule has 0 aromatic heterocycles. The summed E-state index contributed by atoms with van der Waals surface area (Å²) < 4.78 is 12.0. The maximum atomic E-state index is 6.40. The summed E-state index contributed by atoms with van der Waals surface area (Å²) in [4.78, 5) is 0. The number of fused-ring (bicyclic) bond motifs is 3. The molecular weight excluding hydrogens is 372 g/mol. The Morgan fingerprint density at radius 1 is 0.964 bits per heavy atom. The van der Waals surface area contributed by atoms with Crippen LogP contribution in [0.15, 0.2) is 77.9 Å². The normalized spacial score (nSPS) is 20.1. The molecule has 0 N–H and O–H groups in total. The van der Waals surface area contributed by atoms with Crippen LogP contribution in [-0.4, -0.2) is 17.8 Å². The molecule has 2 atom stereocenters. The molecule has 0 unspecified atom stereocenters. The number of halogens is 1. The largest absolute Gasteiger partial charge is 0.496 e. The van der Waals surface area contributed by atoms with E-state index in [0.29, 0.717) is 0 Å². The molecule has 2 heterocycles. The lowest BCUT2D eigenvalue weighted by atomic mass is 9.96. The van der Waals surface area contributed by atoms with Gasteiger partial charge in [0.1, 0.15) is 11.5 Å². The highest BCUT2D eigenvalue weighted by molar-refractivity contribution is 6.30. The van der Waals surface area contributed by atoms with Gasteiger partial charge in [0.25, 0.3) is 0 Å². The van der Waals surface area contributed by atoms with E-state index in [1.54, 1.807) is 7.11 Å². The Morgan fingerprint density at radius 2 is 1.68 bits per heavy atom. The van der Waals surface area contributed by atoms with Gasteiger partial charge in [0.15, 0.2) is 0 Å². The highest BCUT2D eigenvalue weighted by atomic mass is 35.5. The van der Waals surface area contributed by atoms with E-state index < -0.39 is 0 Å². The summed E-state index contributed by atoms with van der Waals surface area (Å²) in [7, 11) is 1.68. The molecule has 0 aliphatic carbocycles. The van der Waals surface area contributed by atoms with Gasteiger partial charge in [-0.3, -0.25) is 0 Å². The summed E-state index contributed by atoms with van der Waals surface area (Å²) in [6, 6.07) is 24.1. The van der Waals surface area contributed by atoms with Gasteiger partial charge in [-0.25, -0.2) is 5.01 Å². The molecule has 0 saturated heterocycles. The number of ether oxygens (including phenoxy) is 2. The molecule has 3 aromatic rings. The zero-order valence-electron chi connectivity index (χ0n) is 15.4. The maximum absolute atomic E-state index is 6.40. The van der Waals surface area contributed by atoms with Crippen molar-refractivity contribution >= 4 is 17.3 Å². The topological polar surface area (TPSA) is 34.1 Å². The average Bonchev–Trinajstić information content (AvgIpc) is 3.19. The second-order valence-corrected chi connectivity index (χ2v) is 7.34. The van der Waals surface area contributed by atoms with Gasteiger partial charge in [-0.05, 0) is 35.9 Å². The van der Waals surface area contributed by atoms with Gasteiger partial charge < -0.3 is 9.47 Å². The third-order valence-corrected chi connectivity index (χ3v) is 5.53. The molecule has 2 aliphatic rings. The van der Waals surface area contributed by atoms with E-state index in [4.69, 9.17) is 26.2 Å². The third-order valence-electron chi connectivity index (χ3n) is 5.28. The summed E-state index contributed by atoms with van der Waals surface area (Å²) >= 11 is 6.06. The van der Waals surface area contributed by atoms with Crippen LogP contribution < -0.4 is 9.47 Å². The summed E-state index contributed by atoms with van der Waals surface area (Å²) in [6.07, 6.45) is 0.467. The number of para-hydroxylation sites is 2. The van der Waals surface area contributed by atoms with E-state index >= 15 is 0 Å². The van der Waals surface area contributed by atoms with Crippen LogP contribution >= 0.6 is 11.6 Å². The molecule has 0 spiro atoms. The molecule has 5 heteroatoms.